The Morgan fingerprint density at radius 1 is 0.944 bits per heavy atom. The van der Waals surface area contributed by atoms with E-state index in [-0.39, 0.29) is 12.2 Å². The molecule has 1 aromatic rings. The van der Waals surface area contributed by atoms with Gasteiger partial charge in [-0.05, 0) is 43.6 Å². The highest BCUT2D eigenvalue weighted by atomic mass is 16.3. The third-order valence-electron chi connectivity index (χ3n) is 4.02. The van der Waals surface area contributed by atoms with Crippen LogP contribution in [0.4, 0.5) is 0 Å². The number of rotatable bonds is 6. The average molecular weight is 248 g/mol. The standard InChI is InChI=1S/C16H24O2/c17-15-11-14(16(18)12-15)10-6-2-5-9-13-7-3-1-4-8-13/h1,3-4,7-8,14-18H,2,5-6,9-12H2. The van der Waals surface area contributed by atoms with Crippen LogP contribution in [-0.4, -0.2) is 22.4 Å². The first kappa shape index (κ1) is 13.6. The third-order valence-corrected chi connectivity index (χ3v) is 4.02. The highest BCUT2D eigenvalue weighted by molar-refractivity contribution is 5.14. The van der Waals surface area contributed by atoms with Gasteiger partial charge in [-0.3, -0.25) is 0 Å². The van der Waals surface area contributed by atoms with Crippen molar-refractivity contribution >= 4 is 0 Å². The molecule has 3 unspecified atom stereocenters. The van der Waals surface area contributed by atoms with Gasteiger partial charge in [-0.15, -0.1) is 0 Å². The van der Waals surface area contributed by atoms with Crippen molar-refractivity contribution in [1.29, 1.82) is 0 Å². The maximum Gasteiger partial charge on any atom is 0.0593 e. The summed E-state index contributed by atoms with van der Waals surface area (Å²) in [7, 11) is 0. The molecule has 18 heavy (non-hydrogen) atoms. The SMILES string of the molecule is OC1CC(O)C(CCCCCc2ccccc2)C1. The molecule has 0 aliphatic heterocycles. The van der Waals surface area contributed by atoms with Crippen molar-refractivity contribution < 1.29 is 10.2 Å². The average Bonchev–Trinajstić information content (AvgIpc) is 2.69. The van der Waals surface area contributed by atoms with E-state index in [4.69, 9.17) is 0 Å². The van der Waals surface area contributed by atoms with Gasteiger partial charge in [0.15, 0.2) is 0 Å². The van der Waals surface area contributed by atoms with E-state index in [0.717, 1.165) is 19.3 Å². The zero-order valence-electron chi connectivity index (χ0n) is 11.0. The van der Waals surface area contributed by atoms with E-state index in [1.807, 2.05) is 0 Å². The van der Waals surface area contributed by atoms with Crippen molar-refractivity contribution in [2.75, 3.05) is 0 Å². The molecule has 0 spiro atoms. The van der Waals surface area contributed by atoms with Crippen molar-refractivity contribution in [1.82, 2.24) is 0 Å². The maximum absolute atomic E-state index is 9.73. The van der Waals surface area contributed by atoms with Gasteiger partial charge in [0, 0.05) is 0 Å². The lowest BCUT2D eigenvalue weighted by molar-refractivity contribution is 0.116. The molecule has 0 radical (unpaired) electrons. The molecule has 0 heterocycles. The van der Waals surface area contributed by atoms with E-state index in [1.165, 1.54) is 24.8 Å². The Morgan fingerprint density at radius 3 is 2.39 bits per heavy atom. The minimum absolute atomic E-state index is 0.269. The normalized spacial score (nSPS) is 27.6. The molecule has 3 atom stereocenters. The zero-order valence-corrected chi connectivity index (χ0v) is 11.0. The lowest BCUT2D eigenvalue weighted by atomic mass is 9.97. The van der Waals surface area contributed by atoms with Crippen LogP contribution in [0.3, 0.4) is 0 Å². The largest absolute Gasteiger partial charge is 0.393 e. The Morgan fingerprint density at radius 2 is 1.72 bits per heavy atom. The molecular weight excluding hydrogens is 224 g/mol. The zero-order chi connectivity index (χ0) is 12.8. The molecule has 2 N–H and O–H groups in total. The van der Waals surface area contributed by atoms with Gasteiger partial charge in [-0.25, -0.2) is 0 Å². The Hall–Kier alpha value is -0.860. The third kappa shape index (κ3) is 4.11. The van der Waals surface area contributed by atoms with Gasteiger partial charge in [0.2, 0.25) is 0 Å². The first-order valence-corrected chi connectivity index (χ1v) is 7.16. The second kappa shape index (κ2) is 6.91. The number of aliphatic hydroxyl groups excluding tert-OH is 2. The van der Waals surface area contributed by atoms with Crippen LogP contribution < -0.4 is 0 Å². The summed E-state index contributed by atoms with van der Waals surface area (Å²) in [5.74, 6) is 0.330. The summed E-state index contributed by atoms with van der Waals surface area (Å²) in [4.78, 5) is 0. The van der Waals surface area contributed by atoms with Gasteiger partial charge in [0.1, 0.15) is 0 Å². The molecule has 2 nitrogen and oxygen atoms in total. The fourth-order valence-corrected chi connectivity index (χ4v) is 2.94. The Labute approximate surface area is 110 Å². The Bertz CT molecular complexity index is 336. The Balaban J connectivity index is 1.57. The van der Waals surface area contributed by atoms with Gasteiger partial charge in [0.05, 0.1) is 12.2 Å². The molecule has 1 aliphatic carbocycles. The van der Waals surface area contributed by atoms with Crippen molar-refractivity contribution in [3.05, 3.63) is 35.9 Å². The van der Waals surface area contributed by atoms with Crippen LogP contribution in [0.1, 0.15) is 44.1 Å². The molecule has 1 saturated carbocycles. The molecule has 0 bridgehead atoms. The van der Waals surface area contributed by atoms with Crippen molar-refractivity contribution in [2.45, 2.75) is 57.2 Å². The van der Waals surface area contributed by atoms with Crippen LogP contribution >= 0.6 is 0 Å². The summed E-state index contributed by atoms with van der Waals surface area (Å²) < 4.78 is 0. The topological polar surface area (TPSA) is 40.5 Å². The van der Waals surface area contributed by atoms with E-state index in [9.17, 15) is 10.2 Å². The number of unbranched alkanes of at least 4 members (excludes halogenated alkanes) is 2. The van der Waals surface area contributed by atoms with E-state index in [1.54, 1.807) is 0 Å². The molecule has 1 aromatic carbocycles. The molecule has 2 heteroatoms. The summed E-state index contributed by atoms with van der Waals surface area (Å²) in [5, 5.41) is 19.2. The first-order valence-electron chi connectivity index (χ1n) is 7.16. The lowest BCUT2D eigenvalue weighted by Gasteiger charge is -2.13. The molecule has 0 amide bonds. The smallest absolute Gasteiger partial charge is 0.0593 e. The number of aryl methyl sites for hydroxylation is 1. The van der Waals surface area contributed by atoms with E-state index >= 15 is 0 Å². The first-order chi connectivity index (χ1) is 8.75. The lowest BCUT2D eigenvalue weighted by Crippen LogP contribution is -2.12. The highest BCUT2D eigenvalue weighted by Crippen LogP contribution is 2.30. The van der Waals surface area contributed by atoms with Crippen LogP contribution in [-0.2, 0) is 6.42 Å². The quantitative estimate of drug-likeness (QED) is 0.760. The number of hydrogen-bond donors (Lipinski definition) is 2. The van der Waals surface area contributed by atoms with Gasteiger partial charge in [0.25, 0.3) is 0 Å². The van der Waals surface area contributed by atoms with Gasteiger partial charge in [-0.1, -0.05) is 43.2 Å². The van der Waals surface area contributed by atoms with E-state index in [2.05, 4.69) is 30.3 Å². The molecule has 2 rings (SSSR count). The molecule has 0 saturated heterocycles. The fraction of sp³-hybridized carbons (Fsp3) is 0.625. The van der Waals surface area contributed by atoms with Crippen LogP contribution in [0.25, 0.3) is 0 Å². The summed E-state index contributed by atoms with van der Waals surface area (Å²) in [6.45, 7) is 0. The number of hydrogen-bond acceptors (Lipinski definition) is 2. The minimum Gasteiger partial charge on any atom is -0.393 e. The summed E-state index contributed by atoms with van der Waals surface area (Å²) in [6, 6.07) is 10.6. The van der Waals surface area contributed by atoms with Crippen LogP contribution in [0, 0.1) is 5.92 Å². The molecule has 1 fully saturated rings. The van der Waals surface area contributed by atoms with Gasteiger partial charge >= 0.3 is 0 Å². The minimum atomic E-state index is -0.269. The summed E-state index contributed by atoms with van der Waals surface area (Å²) in [5.41, 5.74) is 1.41. The van der Waals surface area contributed by atoms with Crippen molar-refractivity contribution in [2.24, 2.45) is 5.92 Å². The Kier molecular flexibility index (Phi) is 5.21. The highest BCUT2D eigenvalue weighted by Gasteiger charge is 2.30. The van der Waals surface area contributed by atoms with E-state index < -0.39 is 0 Å². The summed E-state index contributed by atoms with van der Waals surface area (Å²) >= 11 is 0. The fourth-order valence-electron chi connectivity index (χ4n) is 2.94. The van der Waals surface area contributed by atoms with Crippen LogP contribution in [0.5, 0.6) is 0 Å². The van der Waals surface area contributed by atoms with Crippen LogP contribution in [0.15, 0.2) is 30.3 Å². The van der Waals surface area contributed by atoms with Crippen molar-refractivity contribution in [3.8, 4) is 0 Å². The predicted octanol–water partition coefficient (Wildman–Crippen LogP) is 2.92. The van der Waals surface area contributed by atoms with Crippen molar-refractivity contribution in [3.63, 3.8) is 0 Å². The number of benzene rings is 1. The van der Waals surface area contributed by atoms with E-state index in [0.29, 0.717) is 12.3 Å². The second-order valence-electron chi connectivity index (χ2n) is 5.54. The maximum atomic E-state index is 9.73. The number of aliphatic hydroxyl groups is 2. The predicted molar refractivity (Wildman–Crippen MR) is 73.4 cm³/mol. The molecule has 0 aromatic heterocycles. The van der Waals surface area contributed by atoms with Crippen LogP contribution in [0.2, 0.25) is 0 Å². The molecular formula is C16H24O2. The van der Waals surface area contributed by atoms with Gasteiger partial charge in [-0.2, -0.15) is 0 Å². The second-order valence-corrected chi connectivity index (χ2v) is 5.54. The molecule has 100 valence electrons. The van der Waals surface area contributed by atoms with Gasteiger partial charge < -0.3 is 10.2 Å². The monoisotopic (exact) mass is 248 g/mol. The summed E-state index contributed by atoms with van der Waals surface area (Å²) in [6.07, 6.45) is 6.65. The molecule has 1 aliphatic rings.